The molecule has 0 amide bonds. The molecule has 1 unspecified atom stereocenters. The zero-order valence-electron chi connectivity index (χ0n) is 11.1. The van der Waals surface area contributed by atoms with Gasteiger partial charge >= 0.3 is 0 Å². The van der Waals surface area contributed by atoms with E-state index in [1.165, 1.54) is 11.1 Å². The Morgan fingerprint density at radius 2 is 1.88 bits per heavy atom. The third kappa shape index (κ3) is 4.31. The Kier molecular flexibility index (Phi) is 5.36. The predicted octanol–water partition coefficient (Wildman–Crippen LogP) is 2.72. The van der Waals surface area contributed by atoms with E-state index in [1.807, 2.05) is 6.92 Å². The van der Waals surface area contributed by atoms with Gasteiger partial charge in [-0.2, -0.15) is 0 Å². The zero-order valence-corrected chi connectivity index (χ0v) is 11.1. The first kappa shape index (κ1) is 13.9. The van der Waals surface area contributed by atoms with Gasteiger partial charge in [-0.15, -0.1) is 0 Å². The summed E-state index contributed by atoms with van der Waals surface area (Å²) in [5.41, 5.74) is 9.45. The molecule has 0 aromatic heterocycles. The van der Waals surface area contributed by atoms with Gasteiger partial charge in [0.25, 0.3) is 0 Å². The highest BCUT2D eigenvalue weighted by molar-refractivity contribution is 5.54. The average Bonchev–Trinajstić information content (AvgIpc) is 2.28. The molecular formula is C15H23NO. The van der Waals surface area contributed by atoms with Crippen molar-refractivity contribution >= 4 is 6.29 Å². The van der Waals surface area contributed by atoms with Crippen LogP contribution in [0.3, 0.4) is 0 Å². The first-order chi connectivity index (χ1) is 8.06. The molecule has 0 aliphatic heterocycles. The van der Waals surface area contributed by atoms with Gasteiger partial charge in [0, 0.05) is 12.5 Å². The van der Waals surface area contributed by atoms with Crippen LogP contribution in [0.1, 0.15) is 37.5 Å². The summed E-state index contributed by atoms with van der Waals surface area (Å²) in [6, 6.07) is 6.46. The van der Waals surface area contributed by atoms with E-state index in [1.54, 1.807) is 0 Å². The number of aldehydes is 1. The van der Waals surface area contributed by atoms with Crippen LogP contribution in [0.4, 0.5) is 0 Å². The Balaban J connectivity index is 2.93. The van der Waals surface area contributed by atoms with E-state index in [0.29, 0.717) is 12.5 Å². The van der Waals surface area contributed by atoms with Gasteiger partial charge in [-0.25, -0.2) is 0 Å². The number of benzene rings is 1. The Labute approximate surface area is 104 Å². The summed E-state index contributed by atoms with van der Waals surface area (Å²) in [7, 11) is 0. The second-order valence-corrected chi connectivity index (χ2v) is 5.22. The molecule has 0 heterocycles. The van der Waals surface area contributed by atoms with E-state index in [9.17, 15) is 4.79 Å². The average molecular weight is 233 g/mol. The number of carbonyl (C=O) groups is 1. The maximum Gasteiger partial charge on any atom is 0.123 e. The number of rotatable bonds is 6. The lowest BCUT2D eigenvalue weighted by Gasteiger charge is -2.13. The van der Waals surface area contributed by atoms with Crippen LogP contribution in [0.2, 0.25) is 0 Å². The molecule has 1 atom stereocenters. The summed E-state index contributed by atoms with van der Waals surface area (Å²) in [4.78, 5) is 10.7. The van der Waals surface area contributed by atoms with Crippen molar-refractivity contribution in [2.24, 2.45) is 17.6 Å². The molecule has 0 spiro atoms. The van der Waals surface area contributed by atoms with Gasteiger partial charge in [0.2, 0.25) is 0 Å². The fraction of sp³-hybridized carbons (Fsp3) is 0.533. The largest absolute Gasteiger partial charge is 0.326 e. The van der Waals surface area contributed by atoms with Crippen molar-refractivity contribution in [2.75, 3.05) is 0 Å². The summed E-state index contributed by atoms with van der Waals surface area (Å²) in [5, 5.41) is 0. The maximum atomic E-state index is 10.7. The van der Waals surface area contributed by atoms with Crippen molar-refractivity contribution in [1.29, 1.82) is 0 Å². The molecule has 1 aromatic carbocycles. The molecule has 17 heavy (non-hydrogen) atoms. The van der Waals surface area contributed by atoms with Crippen molar-refractivity contribution in [2.45, 2.75) is 40.2 Å². The first-order valence-electron chi connectivity index (χ1n) is 6.32. The van der Waals surface area contributed by atoms with E-state index in [-0.39, 0.29) is 5.92 Å². The van der Waals surface area contributed by atoms with Gasteiger partial charge in [0.1, 0.15) is 6.29 Å². The van der Waals surface area contributed by atoms with E-state index < -0.39 is 0 Å². The minimum Gasteiger partial charge on any atom is -0.326 e. The van der Waals surface area contributed by atoms with Crippen LogP contribution in [0.15, 0.2) is 18.2 Å². The zero-order chi connectivity index (χ0) is 12.8. The summed E-state index contributed by atoms with van der Waals surface area (Å²) in [6.45, 7) is 6.92. The number of nitrogens with two attached hydrogens (primary N) is 1. The van der Waals surface area contributed by atoms with Crippen LogP contribution >= 0.6 is 0 Å². The molecule has 94 valence electrons. The van der Waals surface area contributed by atoms with Crippen LogP contribution in [-0.4, -0.2) is 6.29 Å². The lowest BCUT2D eigenvalue weighted by atomic mass is 9.93. The first-order valence-corrected chi connectivity index (χ1v) is 6.32. The van der Waals surface area contributed by atoms with Crippen LogP contribution in [0, 0.1) is 11.8 Å². The summed E-state index contributed by atoms with van der Waals surface area (Å²) < 4.78 is 0. The van der Waals surface area contributed by atoms with Crippen LogP contribution in [0.25, 0.3) is 0 Å². The lowest BCUT2D eigenvalue weighted by molar-refractivity contribution is -0.110. The molecule has 0 saturated heterocycles. The number of carbonyl (C=O) groups excluding carboxylic acids is 1. The third-order valence-electron chi connectivity index (χ3n) is 2.91. The minimum atomic E-state index is 0.0644. The van der Waals surface area contributed by atoms with E-state index in [4.69, 9.17) is 5.73 Å². The molecule has 0 fully saturated rings. The Hall–Kier alpha value is -1.15. The van der Waals surface area contributed by atoms with Crippen LogP contribution < -0.4 is 5.73 Å². The van der Waals surface area contributed by atoms with Gasteiger partial charge in [0.05, 0.1) is 0 Å². The fourth-order valence-corrected chi connectivity index (χ4v) is 2.06. The Morgan fingerprint density at radius 3 is 2.41 bits per heavy atom. The molecule has 0 radical (unpaired) electrons. The Morgan fingerprint density at radius 1 is 1.18 bits per heavy atom. The molecule has 0 saturated carbocycles. The van der Waals surface area contributed by atoms with Gasteiger partial charge in [-0.1, -0.05) is 39.0 Å². The molecule has 1 rings (SSSR count). The highest BCUT2D eigenvalue weighted by atomic mass is 16.1. The topological polar surface area (TPSA) is 43.1 Å². The van der Waals surface area contributed by atoms with Gasteiger partial charge in [-0.05, 0) is 35.4 Å². The molecular weight excluding hydrogens is 210 g/mol. The smallest absolute Gasteiger partial charge is 0.123 e. The summed E-state index contributed by atoms with van der Waals surface area (Å²) in [5.74, 6) is 0.713. The molecule has 0 bridgehead atoms. The molecule has 0 aliphatic carbocycles. The summed E-state index contributed by atoms with van der Waals surface area (Å²) in [6.07, 6.45) is 2.88. The number of hydrogen-bond donors (Lipinski definition) is 1. The molecule has 2 heteroatoms. The highest BCUT2D eigenvalue weighted by Gasteiger charge is 2.08. The number of hydrogen-bond acceptors (Lipinski definition) is 2. The quantitative estimate of drug-likeness (QED) is 0.768. The van der Waals surface area contributed by atoms with Crippen LogP contribution in [0.5, 0.6) is 0 Å². The maximum absolute atomic E-state index is 10.7. The second kappa shape index (κ2) is 6.55. The lowest BCUT2D eigenvalue weighted by Crippen LogP contribution is -2.08. The second-order valence-electron chi connectivity index (χ2n) is 5.22. The van der Waals surface area contributed by atoms with Gasteiger partial charge in [0.15, 0.2) is 0 Å². The van der Waals surface area contributed by atoms with Crippen molar-refractivity contribution in [3.05, 3.63) is 34.9 Å². The van der Waals surface area contributed by atoms with Gasteiger partial charge < -0.3 is 10.5 Å². The standard InChI is InChI=1S/C15H23NO/c1-11(2)6-13-4-5-14(9-16)15(8-13)7-12(3)10-17/h4-5,8,10-12H,6-7,9,16H2,1-3H3. The molecule has 0 aliphatic rings. The van der Waals surface area contributed by atoms with Crippen LogP contribution in [-0.2, 0) is 24.2 Å². The van der Waals surface area contributed by atoms with E-state index in [0.717, 1.165) is 24.7 Å². The van der Waals surface area contributed by atoms with Crippen molar-refractivity contribution in [1.82, 2.24) is 0 Å². The predicted molar refractivity (Wildman–Crippen MR) is 71.8 cm³/mol. The fourth-order valence-electron chi connectivity index (χ4n) is 2.06. The monoisotopic (exact) mass is 233 g/mol. The van der Waals surface area contributed by atoms with Crippen molar-refractivity contribution < 1.29 is 4.79 Å². The van der Waals surface area contributed by atoms with Crippen molar-refractivity contribution in [3.8, 4) is 0 Å². The van der Waals surface area contributed by atoms with Gasteiger partial charge in [-0.3, -0.25) is 0 Å². The highest BCUT2D eigenvalue weighted by Crippen LogP contribution is 2.17. The SMILES string of the molecule is CC(C)Cc1ccc(CN)c(CC(C)C=O)c1. The van der Waals surface area contributed by atoms with Crippen molar-refractivity contribution in [3.63, 3.8) is 0 Å². The minimum absolute atomic E-state index is 0.0644. The Bertz CT molecular complexity index is 371. The third-order valence-corrected chi connectivity index (χ3v) is 2.91. The normalized spacial score (nSPS) is 12.8. The molecule has 1 aromatic rings. The van der Waals surface area contributed by atoms with E-state index >= 15 is 0 Å². The molecule has 2 nitrogen and oxygen atoms in total. The molecule has 2 N–H and O–H groups in total. The van der Waals surface area contributed by atoms with E-state index in [2.05, 4.69) is 32.0 Å². The summed E-state index contributed by atoms with van der Waals surface area (Å²) >= 11 is 0.